The van der Waals surface area contributed by atoms with Gasteiger partial charge in [0, 0.05) is 18.0 Å². The summed E-state index contributed by atoms with van der Waals surface area (Å²) >= 11 is 1.46. The minimum atomic E-state index is -0.138. The number of aromatic hydroxyl groups is 1. The number of aromatic nitrogens is 1. The van der Waals surface area contributed by atoms with Crippen LogP contribution in [-0.4, -0.2) is 22.5 Å². The van der Waals surface area contributed by atoms with Gasteiger partial charge < -0.3 is 10.0 Å². The fraction of sp³-hybridized carbons (Fsp3) is 0.286. The molecule has 0 saturated heterocycles. The van der Waals surface area contributed by atoms with Crippen LogP contribution < -0.4 is 4.90 Å². The molecule has 0 bridgehead atoms. The van der Waals surface area contributed by atoms with Crippen LogP contribution >= 0.6 is 11.3 Å². The van der Waals surface area contributed by atoms with Gasteiger partial charge in [0.15, 0.2) is 0 Å². The number of hydrogen-bond acceptors (Lipinski definition) is 4. The molecule has 0 aliphatic carbocycles. The van der Waals surface area contributed by atoms with E-state index < -0.39 is 0 Å². The number of thiazole rings is 1. The molecule has 0 unspecified atom stereocenters. The van der Waals surface area contributed by atoms with E-state index >= 15 is 0 Å². The SMILES string of the molecule is CCN(C(=O)c1csc(C)n1)c1cc(O)ccc1C. The summed E-state index contributed by atoms with van der Waals surface area (Å²) in [5.74, 6) is 0.0156. The highest BCUT2D eigenvalue weighted by Crippen LogP contribution is 2.26. The van der Waals surface area contributed by atoms with Gasteiger partial charge in [0.25, 0.3) is 5.91 Å². The number of benzene rings is 1. The monoisotopic (exact) mass is 276 g/mol. The van der Waals surface area contributed by atoms with Crippen LogP contribution in [0.3, 0.4) is 0 Å². The van der Waals surface area contributed by atoms with Gasteiger partial charge in [0.2, 0.25) is 0 Å². The lowest BCUT2D eigenvalue weighted by molar-refractivity contribution is 0.0984. The summed E-state index contributed by atoms with van der Waals surface area (Å²) < 4.78 is 0. The molecule has 1 N–H and O–H groups in total. The Labute approximate surface area is 116 Å². The van der Waals surface area contributed by atoms with Crippen LogP contribution in [0.15, 0.2) is 23.6 Å². The minimum Gasteiger partial charge on any atom is -0.508 e. The summed E-state index contributed by atoms with van der Waals surface area (Å²) in [6, 6.07) is 5.02. The number of amides is 1. The Balaban J connectivity index is 2.39. The highest BCUT2D eigenvalue weighted by molar-refractivity contribution is 7.09. The first kappa shape index (κ1) is 13.5. The molecule has 1 heterocycles. The van der Waals surface area contributed by atoms with Crippen molar-refractivity contribution < 1.29 is 9.90 Å². The van der Waals surface area contributed by atoms with Crippen molar-refractivity contribution in [1.82, 2.24) is 4.98 Å². The second kappa shape index (κ2) is 5.40. The molecule has 1 amide bonds. The van der Waals surface area contributed by atoms with Crippen LogP contribution in [0.1, 0.15) is 28.0 Å². The van der Waals surface area contributed by atoms with E-state index in [2.05, 4.69) is 4.98 Å². The van der Waals surface area contributed by atoms with Crippen molar-refractivity contribution in [3.8, 4) is 5.75 Å². The number of phenols is 1. The number of nitrogens with zero attached hydrogens (tertiary/aromatic N) is 2. The van der Waals surface area contributed by atoms with Gasteiger partial charge in [-0.05, 0) is 32.4 Å². The molecule has 4 nitrogen and oxygen atoms in total. The van der Waals surface area contributed by atoms with Crippen molar-refractivity contribution in [2.75, 3.05) is 11.4 Å². The van der Waals surface area contributed by atoms with Gasteiger partial charge in [-0.1, -0.05) is 6.07 Å². The van der Waals surface area contributed by atoms with Gasteiger partial charge in [0.05, 0.1) is 10.7 Å². The molecular formula is C14H16N2O2S. The molecule has 0 aliphatic rings. The zero-order chi connectivity index (χ0) is 14.0. The number of anilines is 1. The molecule has 0 saturated carbocycles. The second-order valence-electron chi connectivity index (χ2n) is 4.27. The van der Waals surface area contributed by atoms with Gasteiger partial charge in [-0.15, -0.1) is 11.3 Å². The van der Waals surface area contributed by atoms with Crippen LogP contribution in [0, 0.1) is 13.8 Å². The normalized spacial score (nSPS) is 10.5. The van der Waals surface area contributed by atoms with Gasteiger partial charge in [-0.2, -0.15) is 0 Å². The lowest BCUT2D eigenvalue weighted by Crippen LogP contribution is -2.31. The predicted molar refractivity (Wildman–Crippen MR) is 77.0 cm³/mol. The van der Waals surface area contributed by atoms with Gasteiger partial charge >= 0.3 is 0 Å². The zero-order valence-electron chi connectivity index (χ0n) is 11.2. The van der Waals surface area contributed by atoms with E-state index in [1.807, 2.05) is 20.8 Å². The van der Waals surface area contributed by atoms with E-state index in [0.29, 0.717) is 12.2 Å². The third kappa shape index (κ3) is 2.76. The summed E-state index contributed by atoms with van der Waals surface area (Å²) in [5, 5.41) is 12.2. The van der Waals surface area contributed by atoms with E-state index in [0.717, 1.165) is 16.3 Å². The highest BCUT2D eigenvalue weighted by atomic mass is 32.1. The van der Waals surface area contributed by atoms with E-state index in [4.69, 9.17) is 0 Å². The fourth-order valence-corrected chi connectivity index (χ4v) is 2.50. The second-order valence-corrected chi connectivity index (χ2v) is 5.33. The van der Waals surface area contributed by atoms with Gasteiger partial charge in [-0.3, -0.25) is 4.79 Å². The van der Waals surface area contributed by atoms with Crippen LogP contribution in [0.4, 0.5) is 5.69 Å². The quantitative estimate of drug-likeness (QED) is 0.937. The highest BCUT2D eigenvalue weighted by Gasteiger charge is 2.20. The lowest BCUT2D eigenvalue weighted by atomic mass is 10.1. The van der Waals surface area contributed by atoms with Crippen LogP contribution in [0.25, 0.3) is 0 Å². The molecule has 100 valence electrons. The molecule has 1 aromatic carbocycles. The fourth-order valence-electron chi connectivity index (χ4n) is 1.91. The number of phenolic OH excluding ortho intramolecular Hbond substituents is 1. The Kier molecular flexibility index (Phi) is 3.85. The van der Waals surface area contributed by atoms with Gasteiger partial charge in [0.1, 0.15) is 11.4 Å². The zero-order valence-corrected chi connectivity index (χ0v) is 12.0. The standard InChI is InChI=1S/C14H16N2O2S/c1-4-16(13-7-11(17)6-5-9(13)2)14(18)12-8-19-10(3)15-12/h5-8,17H,4H2,1-3H3. The molecular weight excluding hydrogens is 260 g/mol. The first-order chi connectivity index (χ1) is 9.02. The number of aryl methyl sites for hydroxylation is 2. The molecule has 1 aromatic heterocycles. The average molecular weight is 276 g/mol. The summed E-state index contributed by atoms with van der Waals surface area (Å²) in [6.45, 7) is 6.22. The first-order valence-corrected chi connectivity index (χ1v) is 6.94. The molecule has 5 heteroatoms. The molecule has 19 heavy (non-hydrogen) atoms. The Morgan fingerprint density at radius 2 is 2.16 bits per heavy atom. The van der Waals surface area contributed by atoms with Crippen molar-refractivity contribution in [3.05, 3.63) is 39.8 Å². The third-order valence-corrected chi connectivity index (χ3v) is 3.66. The summed E-state index contributed by atoms with van der Waals surface area (Å²) in [5.41, 5.74) is 2.12. The smallest absolute Gasteiger partial charge is 0.277 e. The Morgan fingerprint density at radius 3 is 2.74 bits per heavy atom. The van der Waals surface area contributed by atoms with Crippen molar-refractivity contribution in [2.45, 2.75) is 20.8 Å². The molecule has 2 aromatic rings. The number of hydrogen-bond donors (Lipinski definition) is 1. The number of carbonyl (C=O) groups is 1. The minimum absolute atomic E-state index is 0.138. The van der Waals surface area contributed by atoms with Gasteiger partial charge in [-0.25, -0.2) is 4.98 Å². The van der Waals surface area contributed by atoms with Crippen LogP contribution in [0.5, 0.6) is 5.75 Å². The molecule has 0 fully saturated rings. The van der Waals surface area contributed by atoms with Crippen molar-refractivity contribution in [1.29, 1.82) is 0 Å². The van der Waals surface area contributed by atoms with Crippen molar-refractivity contribution in [2.24, 2.45) is 0 Å². The van der Waals surface area contributed by atoms with Crippen molar-refractivity contribution >= 4 is 22.9 Å². The maximum Gasteiger partial charge on any atom is 0.277 e. The molecule has 2 rings (SSSR count). The Bertz CT molecular complexity index is 607. The lowest BCUT2D eigenvalue weighted by Gasteiger charge is -2.22. The van der Waals surface area contributed by atoms with Crippen LogP contribution in [0.2, 0.25) is 0 Å². The average Bonchev–Trinajstić information content (AvgIpc) is 2.81. The summed E-state index contributed by atoms with van der Waals surface area (Å²) in [6.07, 6.45) is 0. The maximum atomic E-state index is 12.4. The largest absolute Gasteiger partial charge is 0.508 e. The summed E-state index contributed by atoms with van der Waals surface area (Å²) in [4.78, 5) is 18.3. The number of rotatable bonds is 3. The van der Waals surface area contributed by atoms with Crippen LogP contribution in [-0.2, 0) is 0 Å². The topological polar surface area (TPSA) is 53.4 Å². The summed E-state index contributed by atoms with van der Waals surface area (Å²) in [7, 11) is 0. The van der Waals surface area contributed by atoms with E-state index in [-0.39, 0.29) is 11.7 Å². The molecule has 0 atom stereocenters. The maximum absolute atomic E-state index is 12.4. The first-order valence-electron chi connectivity index (χ1n) is 6.06. The predicted octanol–water partition coefficient (Wildman–Crippen LogP) is 3.13. The van der Waals surface area contributed by atoms with E-state index in [1.54, 1.807) is 28.5 Å². The molecule has 0 radical (unpaired) electrons. The number of carbonyl (C=O) groups excluding carboxylic acids is 1. The van der Waals surface area contributed by atoms with Crippen molar-refractivity contribution in [3.63, 3.8) is 0 Å². The van der Waals surface area contributed by atoms with E-state index in [9.17, 15) is 9.90 Å². The Hall–Kier alpha value is -1.88. The van der Waals surface area contributed by atoms with E-state index in [1.165, 1.54) is 11.3 Å². The molecule has 0 aliphatic heterocycles. The molecule has 0 spiro atoms. The third-order valence-electron chi connectivity index (χ3n) is 2.88. The Morgan fingerprint density at radius 1 is 1.42 bits per heavy atom.